The summed E-state index contributed by atoms with van der Waals surface area (Å²) in [6.45, 7) is 3.73. The minimum absolute atomic E-state index is 0.193. The smallest absolute Gasteiger partial charge is 0.305 e. The maximum atomic E-state index is 12.9. The minimum atomic E-state index is -0.997. The lowest BCUT2D eigenvalue weighted by Crippen LogP contribution is -2.56. The van der Waals surface area contributed by atoms with Crippen LogP contribution in [0.1, 0.15) is 23.5 Å². The van der Waals surface area contributed by atoms with Crippen molar-refractivity contribution in [3.63, 3.8) is 0 Å². The van der Waals surface area contributed by atoms with Crippen molar-refractivity contribution in [2.45, 2.75) is 32.5 Å². The molecular weight excluding hydrogens is 356 g/mol. The molecule has 1 amide bonds. The zero-order valence-corrected chi connectivity index (χ0v) is 15.3. The number of benzene rings is 1. The molecule has 0 radical (unpaired) electrons. The number of nitrogens with zero attached hydrogens (tertiary/aromatic N) is 2. The molecule has 26 heavy (non-hydrogen) atoms. The van der Waals surface area contributed by atoms with Gasteiger partial charge in [-0.3, -0.25) is 14.5 Å². The molecule has 3 rings (SSSR count). The van der Waals surface area contributed by atoms with E-state index >= 15 is 0 Å². The zero-order chi connectivity index (χ0) is 18.7. The second-order valence-electron chi connectivity index (χ2n) is 6.45. The van der Waals surface area contributed by atoms with E-state index in [1.54, 1.807) is 11.0 Å². The van der Waals surface area contributed by atoms with Crippen LogP contribution in [0.25, 0.3) is 0 Å². The Labute approximate surface area is 157 Å². The monoisotopic (exact) mass is 376 g/mol. The number of hydrogen-bond acceptors (Lipinski definition) is 4. The highest BCUT2D eigenvalue weighted by Gasteiger charge is 2.36. The number of halogens is 1. The van der Waals surface area contributed by atoms with Crippen LogP contribution in [-0.2, 0) is 22.7 Å². The Balaban J connectivity index is 1.75. The van der Waals surface area contributed by atoms with Crippen molar-refractivity contribution in [1.82, 2.24) is 9.80 Å². The molecule has 2 heterocycles. The number of carbonyl (C=O) groups is 2. The number of aryl methyl sites for hydroxylation is 1. The van der Waals surface area contributed by atoms with Gasteiger partial charge in [-0.2, -0.15) is 0 Å². The van der Waals surface area contributed by atoms with Gasteiger partial charge in [0, 0.05) is 24.7 Å². The van der Waals surface area contributed by atoms with Crippen molar-refractivity contribution in [3.05, 3.63) is 58.5 Å². The molecule has 138 valence electrons. The third-order valence-electron chi connectivity index (χ3n) is 4.54. The largest absolute Gasteiger partial charge is 0.481 e. The van der Waals surface area contributed by atoms with Crippen LogP contribution in [0.4, 0.5) is 0 Å². The average Bonchev–Trinajstić information content (AvgIpc) is 3.00. The van der Waals surface area contributed by atoms with Crippen LogP contribution in [-0.4, -0.2) is 45.9 Å². The van der Waals surface area contributed by atoms with E-state index in [1.165, 1.54) is 0 Å². The van der Waals surface area contributed by atoms with Crippen molar-refractivity contribution in [1.29, 1.82) is 0 Å². The summed E-state index contributed by atoms with van der Waals surface area (Å²) in [4.78, 5) is 27.8. The molecule has 1 aliphatic rings. The van der Waals surface area contributed by atoms with Crippen molar-refractivity contribution in [2.75, 3.05) is 13.1 Å². The average molecular weight is 377 g/mol. The molecule has 1 unspecified atom stereocenters. The first-order valence-corrected chi connectivity index (χ1v) is 8.85. The molecular formula is C19H21ClN2O4. The van der Waals surface area contributed by atoms with E-state index < -0.39 is 12.0 Å². The first kappa shape index (κ1) is 18.5. The Bertz CT molecular complexity index is 804. The Hall–Kier alpha value is -2.31. The summed E-state index contributed by atoms with van der Waals surface area (Å²) in [7, 11) is 0. The fourth-order valence-corrected chi connectivity index (χ4v) is 3.41. The third kappa shape index (κ3) is 4.26. The Morgan fingerprint density at radius 3 is 2.65 bits per heavy atom. The molecule has 1 saturated heterocycles. The van der Waals surface area contributed by atoms with E-state index in [2.05, 4.69) is 0 Å². The van der Waals surface area contributed by atoms with Gasteiger partial charge in [-0.05, 0) is 30.7 Å². The molecule has 1 fully saturated rings. The third-order valence-corrected chi connectivity index (χ3v) is 4.91. The minimum Gasteiger partial charge on any atom is -0.481 e. The zero-order valence-electron chi connectivity index (χ0n) is 14.5. The molecule has 1 aromatic heterocycles. The second kappa shape index (κ2) is 7.93. The van der Waals surface area contributed by atoms with E-state index in [0.29, 0.717) is 31.2 Å². The van der Waals surface area contributed by atoms with Crippen molar-refractivity contribution >= 4 is 23.5 Å². The standard InChI is InChI=1S/C19H21ClN2O4/c1-13-6-7-15(26-13)12-21-8-9-22(19(25)17(21)10-18(23)24)11-14-4-2-3-5-16(14)20/h2-7,17H,8-12H2,1H3,(H,23,24). The number of aliphatic carboxylic acids is 1. The number of rotatable bonds is 6. The van der Waals surface area contributed by atoms with Crippen LogP contribution in [0.5, 0.6) is 0 Å². The lowest BCUT2D eigenvalue weighted by molar-refractivity contribution is -0.150. The Kier molecular flexibility index (Phi) is 5.64. The van der Waals surface area contributed by atoms with E-state index in [0.717, 1.165) is 17.1 Å². The predicted octanol–water partition coefficient (Wildman–Crippen LogP) is 2.93. The summed E-state index contributed by atoms with van der Waals surface area (Å²) < 4.78 is 5.58. The van der Waals surface area contributed by atoms with Gasteiger partial charge in [0.25, 0.3) is 0 Å². The van der Waals surface area contributed by atoms with Gasteiger partial charge >= 0.3 is 5.97 Å². The Morgan fingerprint density at radius 1 is 1.23 bits per heavy atom. The topological polar surface area (TPSA) is 74.0 Å². The maximum absolute atomic E-state index is 12.9. The van der Waals surface area contributed by atoms with Gasteiger partial charge in [0.2, 0.25) is 5.91 Å². The highest BCUT2D eigenvalue weighted by Crippen LogP contribution is 2.23. The quantitative estimate of drug-likeness (QED) is 0.839. The lowest BCUT2D eigenvalue weighted by atomic mass is 10.1. The maximum Gasteiger partial charge on any atom is 0.305 e. The fourth-order valence-electron chi connectivity index (χ4n) is 3.21. The number of amides is 1. The van der Waals surface area contributed by atoms with Crippen LogP contribution in [0, 0.1) is 6.92 Å². The van der Waals surface area contributed by atoms with E-state index in [-0.39, 0.29) is 12.3 Å². The van der Waals surface area contributed by atoms with E-state index in [9.17, 15) is 14.7 Å². The van der Waals surface area contributed by atoms with Gasteiger partial charge in [-0.25, -0.2) is 0 Å². The summed E-state index contributed by atoms with van der Waals surface area (Å²) in [5.74, 6) is 0.328. The molecule has 1 atom stereocenters. The number of carboxylic acid groups (broad SMARTS) is 1. The van der Waals surface area contributed by atoms with Crippen LogP contribution in [0.15, 0.2) is 40.8 Å². The number of piperazine rings is 1. The SMILES string of the molecule is Cc1ccc(CN2CCN(Cc3ccccc3Cl)C(=O)C2CC(=O)O)o1. The molecule has 0 aliphatic carbocycles. The molecule has 1 aliphatic heterocycles. The van der Waals surface area contributed by atoms with Crippen molar-refractivity contribution < 1.29 is 19.1 Å². The predicted molar refractivity (Wildman–Crippen MR) is 96.8 cm³/mol. The van der Waals surface area contributed by atoms with Crippen LogP contribution < -0.4 is 0 Å². The van der Waals surface area contributed by atoms with Gasteiger partial charge in [-0.15, -0.1) is 0 Å². The first-order valence-electron chi connectivity index (χ1n) is 8.47. The summed E-state index contributed by atoms with van der Waals surface area (Å²) >= 11 is 6.20. The van der Waals surface area contributed by atoms with Crippen LogP contribution in [0.3, 0.4) is 0 Å². The summed E-state index contributed by atoms with van der Waals surface area (Å²) in [5, 5.41) is 9.85. The molecule has 1 N–H and O–H groups in total. The first-order chi connectivity index (χ1) is 12.4. The number of furan rings is 1. The van der Waals surface area contributed by atoms with Crippen molar-refractivity contribution in [2.24, 2.45) is 0 Å². The van der Waals surface area contributed by atoms with Gasteiger partial charge in [0.05, 0.1) is 13.0 Å². The summed E-state index contributed by atoms with van der Waals surface area (Å²) in [6, 6.07) is 10.4. The molecule has 6 nitrogen and oxygen atoms in total. The highest BCUT2D eigenvalue weighted by atomic mass is 35.5. The van der Waals surface area contributed by atoms with Crippen molar-refractivity contribution in [3.8, 4) is 0 Å². The van der Waals surface area contributed by atoms with Gasteiger partial charge in [-0.1, -0.05) is 29.8 Å². The molecule has 7 heteroatoms. The Morgan fingerprint density at radius 2 is 2.00 bits per heavy atom. The molecule has 1 aromatic carbocycles. The second-order valence-corrected chi connectivity index (χ2v) is 6.85. The number of carboxylic acids is 1. The molecule has 0 saturated carbocycles. The van der Waals surface area contributed by atoms with Gasteiger partial charge in [0.1, 0.15) is 17.6 Å². The molecule has 2 aromatic rings. The fraction of sp³-hybridized carbons (Fsp3) is 0.368. The normalized spacial score (nSPS) is 18.3. The number of hydrogen-bond donors (Lipinski definition) is 1. The summed E-state index contributed by atoms with van der Waals surface area (Å²) in [5.41, 5.74) is 0.853. The summed E-state index contributed by atoms with van der Waals surface area (Å²) in [6.07, 6.45) is -0.239. The molecule has 0 spiro atoms. The van der Waals surface area contributed by atoms with Crippen LogP contribution in [0.2, 0.25) is 5.02 Å². The van der Waals surface area contributed by atoms with E-state index in [1.807, 2.05) is 42.2 Å². The highest BCUT2D eigenvalue weighted by molar-refractivity contribution is 6.31. The van der Waals surface area contributed by atoms with Crippen LogP contribution >= 0.6 is 11.6 Å². The van der Waals surface area contributed by atoms with Gasteiger partial charge < -0.3 is 14.4 Å². The van der Waals surface area contributed by atoms with Gasteiger partial charge in [0.15, 0.2) is 0 Å². The van der Waals surface area contributed by atoms with E-state index in [4.69, 9.17) is 16.0 Å². The number of carbonyl (C=O) groups excluding carboxylic acids is 1. The molecule has 0 bridgehead atoms. The lowest BCUT2D eigenvalue weighted by Gasteiger charge is -2.39.